The number of aliphatic hydroxyl groups excluding tert-OH is 2. The summed E-state index contributed by atoms with van der Waals surface area (Å²) in [7, 11) is 0. The van der Waals surface area contributed by atoms with Crippen LogP contribution in [-0.4, -0.2) is 61.7 Å². The SMILES string of the molecule is O=C(NCCCCCCO)NCCCCCCNC(=O)NCCCCCCO. The lowest BCUT2D eigenvalue weighted by Gasteiger charge is -2.08. The zero-order chi connectivity index (χ0) is 20.7. The standard InChI is InChI=1S/C20H42N4O4/c25-17-11-5-3-9-15-23-19(27)21-13-7-1-2-8-14-22-20(28)24-16-10-4-6-12-18-26/h25-26H,1-18H2,(H2,21,23,27)(H2,22,24,28). The summed E-state index contributed by atoms with van der Waals surface area (Å²) < 4.78 is 0. The number of nitrogens with one attached hydrogen (secondary N) is 4. The Kier molecular flexibility index (Phi) is 20.6. The lowest BCUT2D eigenvalue weighted by Crippen LogP contribution is -2.36. The summed E-state index contributed by atoms with van der Waals surface area (Å²) in [6, 6.07) is -0.228. The summed E-state index contributed by atoms with van der Waals surface area (Å²) in [4.78, 5) is 23.1. The zero-order valence-electron chi connectivity index (χ0n) is 17.4. The Morgan fingerprint density at radius 3 is 0.929 bits per heavy atom. The molecule has 0 saturated carbocycles. The lowest BCUT2D eigenvalue weighted by atomic mass is 10.2. The molecule has 166 valence electrons. The van der Waals surface area contributed by atoms with Crippen molar-refractivity contribution in [2.45, 2.75) is 77.0 Å². The maximum absolute atomic E-state index is 11.6. The number of hydrogen-bond acceptors (Lipinski definition) is 4. The molecular weight excluding hydrogens is 360 g/mol. The number of amides is 4. The van der Waals surface area contributed by atoms with Gasteiger partial charge in [0.25, 0.3) is 0 Å². The molecule has 0 radical (unpaired) electrons. The molecule has 4 amide bonds. The van der Waals surface area contributed by atoms with Gasteiger partial charge in [-0.25, -0.2) is 9.59 Å². The van der Waals surface area contributed by atoms with Crippen LogP contribution in [0.1, 0.15) is 77.0 Å². The van der Waals surface area contributed by atoms with Crippen molar-refractivity contribution in [2.24, 2.45) is 0 Å². The van der Waals surface area contributed by atoms with Gasteiger partial charge in [-0.05, 0) is 38.5 Å². The molecule has 0 aromatic heterocycles. The molecule has 28 heavy (non-hydrogen) atoms. The number of aliphatic hydroxyl groups is 2. The van der Waals surface area contributed by atoms with Crippen molar-refractivity contribution >= 4 is 12.1 Å². The summed E-state index contributed by atoms with van der Waals surface area (Å²) >= 11 is 0. The molecular formula is C20H42N4O4. The Labute approximate surface area is 170 Å². The van der Waals surface area contributed by atoms with E-state index in [4.69, 9.17) is 10.2 Å². The Morgan fingerprint density at radius 1 is 0.429 bits per heavy atom. The van der Waals surface area contributed by atoms with Crippen LogP contribution in [0.15, 0.2) is 0 Å². The minimum absolute atomic E-state index is 0.114. The normalized spacial score (nSPS) is 10.5. The molecule has 0 aliphatic heterocycles. The van der Waals surface area contributed by atoms with E-state index in [0.29, 0.717) is 26.2 Å². The first kappa shape index (κ1) is 26.5. The molecule has 0 rings (SSSR count). The summed E-state index contributed by atoms with van der Waals surface area (Å²) in [6.45, 7) is 3.16. The number of carbonyl (C=O) groups excluding carboxylic acids is 2. The molecule has 8 heteroatoms. The Hall–Kier alpha value is -1.54. The van der Waals surface area contributed by atoms with Crippen LogP contribution in [0.4, 0.5) is 9.59 Å². The zero-order valence-corrected chi connectivity index (χ0v) is 17.4. The van der Waals surface area contributed by atoms with E-state index in [1.54, 1.807) is 0 Å². The van der Waals surface area contributed by atoms with Crippen LogP contribution in [0.25, 0.3) is 0 Å². The molecule has 0 aromatic carbocycles. The summed E-state index contributed by atoms with van der Waals surface area (Å²) in [5.74, 6) is 0. The molecule has 6 N–H and O–H groups in total. The predicted molar refractivity (Wildman–Crippen MR) is 112 cm³/mol. The van der Waals surface area contributed by atoms with E-state index in [0.717, 1.165) is 77.0 Å². The van der Waals surface area contributed by atoms with Crippen molar-refractivity contribution < 1.29 is 19.8 Å². The average molecular weight is 403 g/mol. The van der Waals surface area contributed by atoms with Crippen LogP contribution in [0.2, 0.25) is 0 Å². The Morgan fingerprint density at radius 2 is 0.679 bits per heavy atom. The highest BCUT2D eigenvalue weighted by molar-refractivity contribution is 5.74. The van der Waals surface area contributed by atoms with Gasteiger partial charge in [0.05, 0.1) is 0 Å². The van der Waals surface area contributed by atoms with Gasteiger partial charge in [-0.1, -0.05) is 38.5 Å². The molecule has 0 bridgehead atoms. The quantitative estimate of drug-likeness (QED) is 0.186. The molecule has 0 atom stereocenters. The van der Waals surface area contributed by atoms with Crippen molar-refractivity contribution in [1.82, 2.24) is 21.3 Å². The van der Waals surface area contributed by atoms with Gasteiger partial charge in [-0.2, -0.15) is 0 Å². The van der Waals surface area contributed by atoms with Gasteiger partial charge >= 0.3 is 12.1 Å². The van der Waals surface area contributed by atoms with E-state index >= 15 is 0 Å². The highest BCUT2D eigenvalue weighted by atomic mass is 16.3. The molecule has 8 nitrogen and oxygen atoms in total. The van der Waals surface area contributed by atoms with E-state index in [1.165, 1.54) is 0 Å². The van der Waals surface area contributed by atoms with Gasteiger partial charge in [0.15, 0.2) is 0 Å². The molecule has 0 fully saturated rings. The minimum Gasteiger partial charge on any atom is -0.396 e. The van der Waals surface area contributed by atoms with E-state index in [2.05, 4.69) is 21.3 Å². The Bertz CT molecular complexity index is 336. The fraction of sp³-hybridized carbons (Fsp3) is 0.900. The number of urea groups is 2. The van der Waals surface area contributed by atoms with Crippen molar-refractivity contribution in [1.29, 1.82) is 0 Å². The fourth-order valence-corrected chi connectivity index (χ4v) is 2.72. The van der Waals surface area contributed by atoms with Gasteiger partial charge in [0, 0.05) is 39.4 Å². The van der Waals surface area contributed by atoms with Crippen LogP contribution in [0.5, 0.6) is 0 Å². The Balaban J connectivity index is 3.25. The third-order valence-electron chi connectivity index (χ3n) is 4.42. The maximum atomic E-state index is 11.6. The van der Waals surface area contributed by atoms with Gasteiger partial charge in [0.1, 0.15) is 0 Å². The third-order valence-corrected chi connectivity index (χ3v) is 4.42. The smallest absolute Gasteiger partial charge is 0.314 e. The van der Waals surface area contributed by atoms with E-state index in [9.17, 15) is 9.59 Å². The van der Waals surface area contributed by atoms with E-state index in [1.807, 2.05) is 0 Å². The molecule has 0 aromatic rings. The molecule has 0 heterocycles. The molecule has 0 aliphatic rings. The average Bonchev–Trinajstić information content (AvgIpc) is 2.69. The number of rotatable bonds is 19. The van der Waals surface area contributed by atoms with Crippen LogP contribution in [-0.2, 0) is 0 Å². The minimum atomic E-state index is -0.114. The second-order valence-corrected chi connectivity index (χ2v) is 7.06. The van der Waals surface area contributed by atoms with Crippen molar-refractivity contribution in [3.8, 4) is 0 Å². The first-order chi connectivity index (χ1) is 13.7. The monoisotopic (exact) mass is 402 g/mol. The topological polar surface area (TPSA) is 123 Å². The number of hydrogen-bond donors (Lipinski definition) is 6. The summed E-state index contributed by atoms with van der Waals surface area (Å²) in [5, 5.41) is 28.7. The van der Waals surface area contributed by atoms with Gasteiger partial charge in [0.2, 0.25) is 0 Å². The summed E-state index contributed by atoms with van der Waals surface area (Å²) in [5.41, 5.74) is 0. The molecule has 0 unspecified atom stereocenters. The molecule has 0 spiro atoms. The van der Waals surface area contributed by atoms with E-state index < -0.39 is 0 Å². The largest absolute Gasteiger partial charge is 0.396 e. The second-order valence-electron chi connectivity index (χ2n) is 7.06. The number of unbranched alkanes of at least 4 members (excludes halogenated alkanes) is 9. The fourth-order valence-electron chi connectivity index (χ4n) is 2.72. The third kappa shape index (κ3) is 20.8. The van der Waals surface area contributed by atoms with Gasteiger partial charge in [-0.15, -0.1) is 0 Å². The molecule has 0 saturated heterocycles. The van der Waals surface area contributed by atoms with Crippen LogP contribution >= 0.6 is 0 Å². The van der Waals surface area contributed by atoms with Crippen LogP contribution < -0.4 is 21.3 Å². The van der Waals surface area contributed by atoms with Crippen molar-refractivity contribution in [2.75, 3.05) is 39.4 Å². The van der Waals surface area contributed by atoms with Crippen LogP contribution in [0.3, 0.4) is 0 Å². The van der Waals surface area contributed by atoms with E-state index in [-0.39, 0.29) is 25.3 Å². The van der Waals surface area contributed by atoms with Crippen LogP contribution in [0, 0.1) is 0 Å². The summed E-state index contributed by atoms with van der Waals surface area (Å²) in [6.07, 6.45) is 11.5. The first-order valence-electron chi connectivity index (χ1n) is 11.0. The van der Waals surface area contributed by atoms with Crippen molar-refractivity contribution in [3.05, 3.63) is 0 Å². The molecule has 0 aliphatic carbocycles. The maximum Gasteiger partial charge on any atom is 0.314 e. The lowest BCUT2D eigenvalue weighted by molar-refractivity contribution is 0.239. The number of carbonyl (C=O) groups is 2. The predicted octanol–water partition coefficient (Wildman–Crippen LogP) is 2.25. The second kappa shape index (κ2) is 21.8. The first-order valence-corrected chi connectivity index (χ1v) is 11.0. The highest BCUT2D eigenvalue weighted by Crippen LogP contribution is 1.99. The van der Waals surface area contributed by atoms with Gasteiger partial charge in [-0.3, -0.25) is 0 Å². The van der Waals surface area contributed by atoms with Gasteiger partial charge < -0.3 is 31.5 Å². The highest BCUT2D eigenvalue weighted by Gasteiger charge is 2.00. The van der Waals surface area contributed by atoms with Crippen molar-refractivity contribution in [3.63, 3.8) is 0 Å².